The third-order valence-corrected chi connectivity index (χ3v) is 13.0. The molecule has 4 amide bonds. The van der Waals surface area contributed by atoms with Gasteiger partial charge in [-0.05, 0) is 94.8 Å². The van der Waals surface area contributed by atoms with Gasteiger partial charge in [0.1, 0.15) is 17.5 Å². The quantitative estimate of drug-likeness (QED) is 0.181. The second-order valence-electron chi connectivity index (χ2n) is 17.3. The van der Waals surface area contributed by atoms with Crippen molar-refractivity contribution in [1.29, 1.82) is 5.26 Å². The van der Waals surface area contributed by atoms with Crippen molar-refractivity contribution in [2.24, 2.45) is 0 Å². The van der Waals surface area contributed by atoms with Crippen LogP contribution in [-0.4, -0.2) is 110 Å². The van der Waals surface area contributed by atoms with E-state index < -0.39 is 34.9 Å². The summed E-state index contributed by atoms with van der Waals surface area (Å²) in [6.45, 7) is 8.62. The number of halogens is 2. The molecule has 0 bridgehead atoms. The van der Waals surface area contributed by atoms with E-state index in [9.17, 15) is 24.8 Å². The van der Waals surface area contributed by atoms with Gasteiger partial charge in [0.25, 0.3) is 5.91 Å². The van der Waals surface area contributed by atoms with E-state index in [1.807, 2.05) is 23.2 Å². The molecule has 318 valence electrons. The predicted octanol–water partition coefficient (Wildman–Crippen LogP) is 5.53. The maximum atomic E-state index is 15.2. The van der Waals surface area contributed by atoms with Crippen molar-refractivity contribution in [2.45, 2.75) is 82.5 Å². The van der Waals surface area contributed by atoms with E-state index in [1.165, 1.54) is 22.8 Å². The molecule has 15 nitrogen and oxygen atoms in total. The van der Waals surface area contributed by atoms with Crippen molar-refractivity contribution in [2.75, 3.05) is 60.9 Å². The van der Waals surface area contributed by atoms with E-state index in [1.54, 1.807) is 32.0 Å². The Balaban J connectivity index is 0.778. The van der Waals surface area contributed by atoms with Gasteiger partial charge in [0, 0.05) is 92.8 Å². The third kappa shape index (κ3) is 8.03. The monoisotopic (exact) mass is 833 g/mol. The van der Waals surface area contributed by atoms with Crippen LogP contribution in [0.2, 0.25) is 0 Å². The third-order valence-electron chi connectivity index (χ3n) is 13.0. The Kier molecular flexibility index (Phi) is 10.7. The number of anilines is 3. The number of nitrogens with one attached hydrogen (secondary N) is 2. The van der Waals surface area contributed by atoms with Crippen molar-refractivity contribution < 1.29 is 28.3 Å². The SMILES string of the molecule is CC(C)(O)c1cc2nn([C@H]3CC[C@H](N4CCN(C5CCN(c6cc(F)c(N7CCC(=O)NC7=O)c(F)c6)CC5)CC4)CC3)cc2cc1NC(=O)c1ccc2cc(C#N)cnn12. The average molecular weight is 834 g/mol. The van der Waals surface area contributed by atoms with E-state index in [0.29, 0.717) is 58.9 Å². The van der Waals surface area contributed by atoms with Crippen LogP contribution in [0, 0.1) is 23.0 Å². The van der Waals surface area contributed by atoms with Crippen molar-refractivity contribution in [1.82, 2.24) is 34.5 Å². The van der Waals surface area contributed by atoms with Gasteiger partial charge in [-0.25, -0.2) is 18.1 Å². The smallest absolute Gasteiger partial charge is 0.328 e. The molecule has 17 heteroatoms. The highest BCUT2D eigenvalue weighted by Gasteiger charge is 2.34. The van der Waals surface area contributed by atoms with E-state index in [4.69, 9.17) is 5.10 Å². The Hall–Kier alpha value is -5.96. The lowest BCUT2D eigenvalue weighted by Crippen LogP contribution is -2.55. The van der Waals surface area contributed by atoms with E-state index in [2.05, 4.69) is 36.3 Å². The van der Waals surface area contributed by atoms with Crippen LogP contribution >= 0.6 is 0 Å². The van der Waals surface area contributed by atoms with Crippen LogP contribution in [0.3, 0.4) is 0 Å². The fraction of sp³-hybridized carbons (Fsp3) is 0.455. The number of aromatic nitrogens is 4. The summed E-state index contributed by atoms with van der Waals surface area (Å²) in [6.07, 6.45) is 9.35. The minimum absolute atomic E-state index is 0.0135. The summed E-state index contributed by atoms with van der Waals surface area (Å²) >= 11 is 0. The second kappa shape index (κ2) is 16.1. The molecule has 5 aromatic rings. The van der Waals surface area contributed by atoms with Gasteiger partial charge < -0.3 is 15.3 Å². The van der Waals surface area contributed by atoms with Crippen LogP contribution in [0.5, 0.6) is 0 Å². The molecule has 9 rings (SSSR count). The number of hydrogen-bond donors (Lipinski definition) is 3. The van der Waals surface area contributed by atoms with Crippen molar-refractivity contribution in [3.63, 3.8) is 0 Å². The number of imide groups is 1. The fourth-order valence-corrected chi connectivity index (χ4v) is 9.72. The summed E-state index contributed by atoms with van der Waals surface area (Å²) in [6, 6.07) is 13.8. The average Bonchev–Trinajstić information content (AvgIpc) is 3.88. The van der Waals surface area contributed by atoms with Crippen LogP contribution in [0.4, 0.5) is 30.6 Å². The summed E-state index contributed by atoms with van der Waals surface area (Å²) in [5.41, 5.74) is 1.90. The molecule has 4 aliphatic rings. The summed E-state index contributed by atoms with van der Waals surface area (Å²) in [4.78, 5) is 45.4. The number of amides is 4. The number of piperidine rings is 1. The molecule has 1 aliphatic carbocycles. The Morgan fingerprint density at radius 1 is 0.885 bits per heavy atom. The number of nitrogens with zero attached hydrogens (tertiary/aromatic N) is 9. The zero-order valence-corrected chi connectivity index (χ0v) is 34.3. The highest BCUT2D eigenvalue weighted by Crippen LogP contribution is 2.37. The summed E-state index contributed by atoms with van der Waals surface area (Å²) in [5, 5.41) is 35.6. The minimum atomic E-state index is -1.25. The normalized spacial score (nSPS) is 21.2. The van der Waals surface area contributed by atoms with Gasteiger partial charge in [-0.3, -0.25) is 34.3 Å². The standard InChI is InChI=1S/C44H49F2N11O4/c1-44(2,61)34-23-37-28(20-38(34)49-42(59)39-8-7-32-19-27(24-47)25-48-57(32)39)26-56(51-37)31-5-3-29(4-6-31)53-15-17-54(18-16-53)30-9-12-52(13-10-30)33-21-35(45)41(36(46)22-33)55-14-11-40(58)50-43(55)60/h7-8,19-23,25-26,29-31,61H,3-6,9-18H2,1-2H3,(H,49,59)(H,50,58,60)/t29-,31-. The lowest BCUT2D eigenvalue weighted by Gasteiger charge is -2.46. The predicted molar refractivity (Wildman–Crippen MR) is 224 cm³/mol. The number of carbonyl (C=O) groups excluding carboxylic acids is 3. The van der Waals surface area contributed by atoms with Gasteiger partial charge in [-0.15, -0.1) is 0 Å². The zero-order chi connectivity index (χ0) is 42.6. The molecule has 0 atom stereocenters. The lowest BCUT2D eigenvalue weighted by molar-refractivity contribution is -0.120. The van der Waals surface area contributed by atoms with Gasteiger partial charge in [-0.1, -0.05) is 0 Å². The molecule has 2 aromatic carbocycles. The van der Waals surface area contributed by atoms with Gasteiger partial charge >= 0.3 is 6.03 Å². The summed E-state index contributed by atoms with van der Waals surface area (Å²) < 4.78 is 33.9. The first-order valence-electron chi connectivity index (χ1n) is 21.1. The molecule has 0 radical (unpaired) electrons. The molecular formula is C44H49F2N11O4. The minimum Gasteiger partial charge on any atom is -0.386 e. The first-order chi connectivity index (χ1) is 29.3. The molecule has 3 N–H and O–H groups in total. The van der Waals surface area contributed by atoms with Crippen LogP contribution < -0.4 is 20.4 Å². The van der Waals surface area contributed by atoms with E-state index in [-0.39, 0.29) is 24.9 Å². The van der Waals surface area contributed by atoms with Crippen molar-refractivity contribution in [3.8, 4) is 6.07 Å². The van der Waals surface area contributed by atoms with Crippen molar-refractivity contribution >= 4 is 51.3 Å². The van der Waals surface area contributed by atoms with Crippen LogP contribution in [-0.2, 0) is 10.4 Å². The number of fused-ring (bicyclic) bond motifs is 2. The number of piperazine rings is 1. The Morgan fingerprint density at radius 2 is 1.54 bits per heavy atom. The highest BCUT2D eigenvalue weighted by atomic mass is 19.1. The number of urea groups is 1. The largest absolute Gasteiger partial charge is 0.386 e. The number of nitriles is 1. The molecular weight excluding hydrogens is 785 g/mol. The van der Waals surface area contributed by atoms with Gasteiger partial charge in [0.15, 0.2) is 11.6 Å². The van der Waals surface area contributed by atoms with Crippen molar-refractivity contribution in [3.05, 3.63) is 83.3 Å². The molecule has 0 spiro atoms. The molecule has 4 fully saturated rings. The molecule has 1 saturated carbocycles. The van der Waals surface area contributed by atoms with E-state index >= 15 is 8.78 Å². The number of benzene rings is 2. The number of carbonyl (C=O) groups is 3. The molecule has 3 aromatic heterocycles. The number of rotatable bonds is 8. The summed E-state index contributed by atoms with van der Waals surface area (Å²) in [7, 11) is 0. The Bertz CT molecular complexity index is 2530. The van der Waals surface area contributed by atoms with Crippen LogP contribution in [0.15, 0.2) is 54.9 Å². The molecule has 6 heterocycles. The topological polar surface area (TPSA) is 167 Å². The molecule has 0 unspecified atom stereocenters. The van der Waals surface area contributed by atoms with E-state index in [0.717, 1.165) is 80.5 Å². The second-order valence-corrected chi connectivity index (χ2v) is 17.3. The van der Waals surface area contributed by atoms with Crippen LogP contribution in [0.1, 0.15) is 86.5 Å². The van der Waals surface area contributed by atoms with Gasteiger partial charge in [-0.2, -0.15) is 15.5 Å². The molecule has 3 saturated heterocycles. The van der Waals surface area contributed by atoms with Gasteiger partial charge in [0.2, 0.25) is 5.91 Å². The Morgan fingerprint density at radius 3 is 2.18 bits per heavy atom. The number of aliphatic hydroxyl groups is 1. The summed E-state index contributed by atoms with van der Waals surface area (Å²) in [5.74, 6) is -2.48. The molecule has 3 aliphatic heterocycles. The number of hydrogen-bond acceptors (Lipinski definition) is 10. The Labute approximate surface area is 351 Å². The van der Waals surface area contributed by atoms with Gasteiger partial charge in [0.05, 0.1) is 34.4 Å². The van der Waals surface area contributed by atoms with Crippen LogP contribution in [0.25, 0.3) is 16.4 Å². The highest BCUT2D eigenvalue weighted by molar-refractivity contribution is 6.06. The maximum absolute atomic E-state index is 15.2. The zero-order valence-electron chi connectivity index (χ0n) is 34.3. The first-order valence-corrected chi connectivity index (χ1v) is 21.1. The fourth-order valence-electron chi connectivity index (χ4n) is 9.72. The lowest BCUT2D eigenvalue weighted by atomic mass is 9.89. The molecule has 61 heavy (non-hydrogen) atoms. The maximum Gasteiger partial charge on any atom is 0.328 e. The first kappa shape index (κ1) is 40.4.